The molecular weight excluding hydrogens is 395 g/mol. The van der Waals surface area contributed by atoms with Crippen molar-refractivity contribution in [3.63, 3.8) is 0 Å². The maximum absolute atomic E-state index is 13.2. The first-order valence-corrected chi connectivity index (χ1v) is 9.40. The molecule has 30 heavy (non-hydrogen) atoms. The summed E-state index contributed by atoms with van der Waals surface area (Å²) in [4.78, 5) is 28.0. The van der Waals surface area contributed by atoms with Crippen LogP contribution in [0.4, 0.5) is 14.9 Å². The number of halogens is 1. The zero-order valence-electron chi connectivity index (χ0n) is 16.0. The monoisotopic (exact) mass is 418 g/mol. The number of aromatic nitrogens is 1. The summed E-state index contributed by atoms with van der Waals surface area (Å²) in [6.45, 7) is 0.177. The van der Waals surface area contributed by atoms with Crippen molar-refractivity contribution in [3.8, 4) is 0 Å². The number of pyridine rings is 1. The fraction of sp³-hybridized carbons (Fsp3) is 0.350. The maximum atomic E-state index is 13.2. The van der Waals surface area contributed by atoms with Crippen molar-refractivity contribution in [1.29, 1.82) is 0 Å². The van der Waals surface area contributed by atoms with Crippen molar-refractivity contribution in [2.24, 2.45) is 0 Å². The molecule has 0 aliphatic carbocycles. The van der Waals surface area contributed by atoms with E-state index in [0.717, 1.165) is 11.6 Å². The highest BCUT2D eigenvalue weighted by Crippen LogP contribution is 2.23. The average molecular weight is 418 g/mol. The molecule has 0 bridgehead atoms. The number of benzene rings is 1. The lowest BCUT2D eigenvalue weighted by Gasteiger charge is -2.16. The first-order valence-electron chi connectivity index (χ1n) is 9.40. The van der Waals surface area contributed by atoms with E-state index in [2.05, 4.69) is 20.9 Å². The molecule has 0 spiro atoms. The van der Waals surface area contributed by atoms with Crippen molar-refractivity contribution in [1.82, 2.24) is 15.6 Å². The van der Waals surface area contributed by atoms with Gasteiger partial charge in [0.2, 0.25) is 5.91 Å². The van der Waals surface area contributed by atoms with Crippen LogP contribution in [-0.4, -0.2) is 58.1 Å². The number of urea groups is 1. The molecular formula is C20H23FN4O5. The van der Waals surface area contributed by atoms with E-state index in [1.165, 1.54) is 18.2 Å². The third-order valence-electron chi connectivity index (χ3n) is 4.61. The predicted molar refractivity (Wildman–Crippen MR) is 105 cm³/mol. The molecule has 0 saturated carbocycles. The SMILES string of the molecule is O=C(CC1OC(CNC(=O)Nc2cccc(F)c2)C(O)C1O)NCc1cccnc1. The molecule has 1 aromatic carbocycles. The number of ether oxygens (including phenoxy) is 1. The summed E-state index contributed by atoms with van der Waals surface area (Å²) in [5.74, 6) is -0.845. The second kappa shape index (κ2) is 10.1. The highest BCUT2D eigenvalue weighted by Gasteiger charge is 2.43. The van der Waals surface area contributed by atoms with Crippen LogP contribution in [0, 0.1) is 5.82 Å². The van der Waals surface area contributed by atoms with Gasteiger partial charge < -0.3 is 30.9 Å². The van der Waals surface area contributed by atoms with E-state index in [9.17, 15) is 24.2 Å². The number of carbonyl (C=O) groups is 2. The van der Waals surface area contributed by atoms with E-state index >= 15 is 0 Å². The van der Waals surface area contributed by atoms with Gasteiger partial charge in [-0.25, -0.2) is 9.18 Å². The van der Waals surface area contributed by atoms with E-state index in [1.807, 2.05) is 6.07 Å². The van der Waals surface area contributed by atoms with Crippen LogP contribution in [0.5, 0.6) is 0 Å². The van der Waals surface area contributed by atoms with Gasteiger partial charge in [-0.05, 0) is 29.8 Å². The Kier molecular flexibility index (Phi) is 7.28. The molecule has 2 aromatic rings. The van der Waals surface area contributed by atoms with Gasteiger partial charge in [0.1, 0.15) is 24.1 Å². The van der Waals surface area contributed by atoms with Gasteiger partial charge in [-0.15, -0.1) is 0 Å². The molecule has 9 nitrogen and oxygen atoms in total. The Morgan fingerprint density at radius 3 is 2.63 bits per heavy atom. The smallest absolute Gasteiger partial charge is 0.319 e. The number of aliphatic hydroxyl groups is 2. The standard InChI is InChI=1S/C20H23FN4O5/c21-13-4-1-5-14(7-13)25-20(29)24-11-16-19(28)18(27)15(30-16)8-17(26)23-10-12-3-2-6-22-9-12/h1-7,9,15-16,18-19,27-28H,8,10-11H2,(H,23,26)(H2,24,25,29). The molecule has 0 radical (unpaired) electrons. The second-order valence-corrected chi connectivity index (χ2v) is 6.88. The Labute approximate surface area is 172 Å². The van der Waals surface area contributed by atoms with Crippen LogP contribution in [0.3, 0.4) is 0 Å². The molecule has 1 aliphatic heterocycles. The summed E-state index contributed by atoms with van der Waals surface area (Å²) in [7, 11) is 0. The summed E-state index contributed by atoms with van der Waals surface area (Å²) in [6.07, 6.45) is -1.24. The van der Waals surface area contributed by atoms with Crippen LogP contribution in [0.15, 0.2) is 48.8 Å². The number of carbonyl (C=O) groups excluding carboxylic acids is 2. The van der Waals surface area contributed by atoms with Gasteiger partial charge in [0.25, 0.3) is 0 Å². The molecule has 5 N–H and O–H groups in total. The molecule has 4 atom stereocenters. The second-order valence-electron chi connectivity index (χ2n) is 6.88. The predicted octanol–water partition coefficient (Wildman–Crippen LogP) is 0.538. The number of rotatable bonds is 7. The Hall–Kier alpha value is -3.08. The van der Waals surface area contributed by atoms with Gasteiger partial charge in [-0.2, -0.15) is 0 Å². The van der Waals surface area contributed by atoms with Crippen molar-refractivity contribution in [2.75, 3.05) is 11.9 Å². The van der Waals surface area contributed by atoms with Gasteiger partial charge >= 0.3 is 6.03 Å². The molecule has 1 aromatic heterocycles. The number of hydrogen-bond donors (Lipinski definition) is 5. The Morgan fingerprint density at radius 1 is 1.10 bits per heavy atom. The molecule has 2 heterocycles. The van der Waals surface area contributed by atoms with Gasteiger partial charge in [0, 0.05) is 31.2 Å². The fourth-order valence-electron chi connectivity index (χ4n) is 3.06. The van der Waals surface area contributed by atoms with Gasteiger partial charge in [-0.1, -0.05) is 12.1 Å². The zero-order chi connectivity index (χ0) is 21.5. The molecule has 4 unspecified atom stereocenters. The van der Waals surface area contributed by atoms with Gasteiger partial charge in [0.15, 0.2) is 0 Å². The maximum Gasteiger partial charge on any atom is 0.319 e. The molecule has 3 rings (SSSR count). The molecule has 1 saturated heterocycles. The summed E-state index contributed by atoms with van der Waals surface area (Å²) in [5.41, 5.74) is 1.09. The minimum atomic E-state index is -1.27. The normalized spacial score (nSPS) is 23.0. The van der Waals surface area contributed by atoms with Crippen LogP contribution < -0.4 is 16.0 Å². The average Bonchev–Trinajstić information content (AvgIpc) is 2.99. The Morgan fingerprint density at radius 2 is 1.90 bits per heavy atom. The first-order chi connectivity index (χ1) is 14.4. The number of anilines is 1. The van der Waals surface area contributed by atoms with Crippen molar-refractivity contribution < 1.29 is 28.9 Å². The van der Waals surface area contributed by atoms with E-state index in [1.54, 1.807) is 18.5 Å². The first kappa shape index (κ1) is 21.6. The lowest BCUT2D eigenvalue weighted by molar-refractivity contribution is -0.125. The van der Waals surface area contributed by atoms with Crippen molar-refractivity contribution in [3.05, 3.63) is 60.2 Å². The summed E-state index contributed by atoms with van der Waals surface area (Å²) < 4.78 is 18.7. The zero-order valence-corrected chi connectivity index (χ0v) is 16.0. The van der Waals surface area contributed by atoms with E-state index in [0.29, 0.717) is 0 Å². The van der Waals surface area contributed by atoms with Gasteiger partial charge in [-0.3, -0.25) is 9.78 Å². The molecule has 160 valence electrons. The Balaban J connectivity index is 1.43. The third kappa shape index (κ3) is 5.96. The minimum Gasteiger partial charge on any atom is -0.388 e. The number of aliphatic hydroxyl groups excluding tert-OH is 2. The molecule has 3 amide bonds. The van der Waals surface area contributed by atoms with Crippen LogP contribution in [0.25, 0.3) is 0 Å². The lowest BCUT2D eigenvalue weighted by Crippen LogP contribution is -2.41. The van der Waals surface area contributed by atoms with E-state index in [4.69, 9.17) is 4.74 Å². The quantitative estimate of drug-likeness (QED) is 0.446. The number of amides is 3. The lowest BCUT2D eigenvalue weighted by atomic mass is 10.1. The van der Waals surface area contributed by atoms with Crippen LogP contribution >= 0.6 is 0 Å². The largest absolute Gasteiger partial charge is 0.388 e. The number of nitrogens with one attached hydrogen (secondary N) is 3. The Bertz CT molecular complexity index is 869. The van der Waals surface area contributed by atoms with E-state index in [-0.39, 0.29) is 31.1 Å². The van der Waals surface area contributed by atoms with Crippen molar-refractivity contribution >= 4 is 17.6 Å². The van der Waals surface area contributed by atoms with Crippen LogP contribution in [0.1, 0.15) is 12.0 Å². The highest BCUT2D eigenvalue weighted by atomic mass is 19.1. The number of hydrogen-bond acceptors (Lipinski definition) is 6. The summed E-state index contributed by atoms with van der Waals surface area (Å²) in [6, 6.07) is 8.33. The van der Waals surface area contributed by atoms with E-state index < -0.39 is 36.3 Å². The fourth-order valence-corrected chi connectivity index (χ4v) is 3.06. The summed E-state index contributed by atoms with van der Waals surface area (Å²) >= 11 is 0. The third-order valence-corrected chi connectivity index (χ3v) is 4.61. The summed E-state index contributed by atoms with van der Waals surface area (Å²) in [5, 5.41) is 27.9. The van der Waals surface area contributed by atoms with Crippen LogP contribution in [-0.2, 0) is 16.1 Å². The molecule has 1 fully saturated rings. The van der Waals surface area contributed by atoms with Crippen LogP contribution in [0.2, 0.25) is 0 Å². The molecule has 10 heteroatoms. The number of nitrogens with zero attached hydrogens (tertiary/aromatic N) is 1. The highest BCUT2D eigenvalue weighted by molar-refractivity contribution is 5.89. The minimum absolute atomic E-state index is 0.104. The topological polar surface area (TPSA) is 133 Å². The van der Waals surface area contributed by atoms with Gasteiger partial charge in [0.05, 0.1) is 12.5 Å². The van der Waals surface area contributed by atoms with Crippen molar-refractivity contribution in [2.45, 2.75) is 37.4 Å². The molecule has 1 aliphatic rings.